The van der Waals surface area contributed by atoms with Gasteiger partial charge in [0, 0.05) is 6.42 Å². The zero-order chi connectivity index (χ0) is 12.3. The minimum Gasteiger partial charge on any atom is -0.505 e. The lowest BCUT2D eigenvalue weighted by Gasteiger charge is -2.04. The summed E-state index contributed by atoms with van der Waals surface area (Å²) in [5.41, 5.74) is 0.434. The van der Waals surface area contributed by atoms with E-state index in [0.29, 0.717) is 5.56 Å². The molecule has 4 nitrogen and oxygen atoms in total. The number of Topliss-reactive ketones (excluding diaryl/α,β-unsaturated/α-hetero) is 1. The lowest BCUT2D eigenvalue weighted by Crippen LogP contribution is -2.17. The molecule has 0 amide bonds. The molecule has 1 N–H and O–H groups in total. The fraction of sp³-hybridized carbons (Fsp3) is 0.200. The number of phenolic OH excluding ortho intramolecular Hbond substituents is 1. The number of esters is 1. The highest BCUT2D eigenvalue weighted by atomic mass is 35.5. The Kier molecular flexibility index (Phi) is 4.15. The number of carbonyl (C=O) groups is 2. The largest absolute Gasteiger partial charge is 0.505 e. The van der Waals surface area contributed by atoms with Crippen molar-refractivity contribution in [3.63, 3.8) is 0 Å². The number of aromatic hydroxyl groups is 1. The first kappa shape index (κ1) is 12.8. The summed E-state index contributed by atoms with van der Waals surface area (Å²) in [6, 6.07) is 2.73. The maximum atomic E-state index is 11.2. The summed E-state index contributed by atoms with van der Waals surface area (Å²) in [5, 5.41) is 9.34. The van der Waals surface area contributed by atoms with Gasteiger partial charge in [0.05, 0.1) is 17.2 Å². The maximum absolute atomic E-state index is 11.2. The number of rotatable bonds is 3. The molecule has 0 aliphatic heterocycles. The monoisotopic (exact) mass is 262 g/mol. The number of hydrogen-bond acceptors (Lipinski definition) is 4. The van der Waals surface area contributed by atoms with Gasteiger partial charge in [0.1, 0.15) is 0 Å². The van der Waals surface area contributed by atoms with E-state index in [-0.39, 0.29) is 22.2 Å². The molecule has 0 aliphatic rings. The third kappa shape index (κ3) is 2.87. The number of benzene rings is 1. The van der Waals surface area contributed by atoms with Gasteiger partial charge in [-0.25, -0.2) is 4.79 Å². The van der Waals surface area contributed by atoms with Crippen molar-refractivity contribution in [1.82, 2.24) is 0 Å². The minimum atomic E-state index is -0.930. The summed E-state index contributed by atoms with van der Waals surface area (Å²) in [6.45, 7) is 0. The van der Waals surface area contributed by atoms with Crippen LogP contribution >= 0.6 is 23.2 Å². The van der Waals surface area contributed by atoms with Gasteiger partial charge < -0.3 is 9.84 Å². The molecule has 0 aromatic heterocycles. The van der Waals surface area contributed by atoms with Gasteiger partial charge in [-0.15, -0.1) is 0 Å². The second-order valence-electron chi connectivity index (χ2n) is 3.00. The summed E-state index contributed by atoms with van der Waals surface area (Å²) in [5.74, 6) is -1.89. The Morgan fingerprint density at radius 3 is 2.25 bits per heavy atom. The van der Waals surface area contributed by atoms with Crippen LogP contribution in [0.1, 0.15) is 5.56 Å². The Morgan fingerprint density at radius 1 is 1.31 bits per heavy atom. The van der Waals surface area contributed by atoms with Gasteiger partial charge in [-0.2, -0.15) is 0 Å². The van der Waals surface area contributed by atoms with Crippen LogP contribution < -0.4 is 0 Å². The molecule has 0 saturated carbocycles. The first-order chi connectivity index (χ1) is 7.45. The molecule has 16 heavy (non-hydrogen) atoms. The van der Waals surface area contributed by atoms with Gasteiger partial charge in [0.2, 0.25) is 5.78 Å². The van der Waals surface area contributed by atoms with E-state index in [1.807, 2.05) is 0 Å². The van der Waals surface area contributed by atoms with Crippen molar-refractivity contribution in [2.75, 3.05) is 7.11 Å². The van der Waals surface area contributed by atoms with Crippen molar-refractivity contribution >= 4 is 35.0 Å². The molecule has 1 aromatic rings. The predicted molar refractivity (Wildman–Crippen MR) is 58.9 cm³/mol. The van der Waals surface area contributed by atoms with E-state index in [4.69, 9.17) is 23.2 Å². The molecule has 0 bridgehead atoms. The predicted octanol–water partition coefficient (Wildman–Crippen LogP) is 1.98. The number of hydrogen-bond donors (Lipinski definition) is 1. The van der Waals surface area contributed by atoms with Crippen molar-refractivity contribution in [2.45, 2.75) is 6.42 Å². The fourth-order valence-corrected chi connectivity index (χ4v) is 1.62. The van der Waals surface area contributed by atoms with E-state index in [9.17, 15) is 14.7 Å². The summed E-state index contributed by atoms with van der Waals surface area (Å²) in [4.78, 5) is 22.1. The van der Waals surface area contributed by atoms with Gasteiger partial charge in [0.25, 0.3) is 0 Å². The highest BCUT2D eigenvalue weighted by Crippen LogP contribution is 2.32. The number of methoxy groups -OCH3 is 1. The van der Waals surface area contributed by atoms with Crippen LogP contribution in [0.4, 0.5) is 0 Å². The van der Waals surface area contributed by atoms with Gasteiger partial charge >= 0.3 is 5.97 Å². The molecule has 0 heterocycles. The van der Waals surface area contributed by atoms with E-state index in [0.717, 1.165) is 7.11 Å². The highest BCUT2D eigenvalue weighted by Gasteiger charge is 2.16. The number of ketones is 1. The van der Waals surface area contributed by atoms with Crippen LogP contribution in [-0.4, -0.2) is 24.0 Å². The zero-order valence-electron chi connectivity index (χ0n) is 8.29. The van der Waals surface area contributed by atoms with Gasteiger partial charge in [-0.1, -0.05) is 23.2 Å². The molecule has 0 spiro atoms. The van der Waals surface area contributed by atoms with E-state index in [2.05, 4.69) is 4.74 Å². The zero-order valence-corrected chi connectivity index (χ0v) is 9.80. The Hall–Kier alpha value is -1.26. The van der Waals surface area contributed by atoms with Crippen molar-refractivity contribution in [2.24, 2.45) is 0 Å². The molecule has 6 heteroatoms. The van der Waals surface area contributed by atoms with E-state index in [1.165, 1.54) is 12.1 Å². The van der Waals surface area contributed by atoms with Crippen LogP contribution in [0.3, 0.4) is 0 Å². The molecule has 0 saturated heterocycles. The fourth-order valence-electron chi connectivity index (χ4n) is 1.09. The molecular formula is C10H8Cl2O4. The van der Waals surface area contributed by atoms with Crippen molar-refractivity contribution in [3.05, 3.63) is 27.7 Å². The third-order valence-electron chi connectivity index (χ3n) is 1.85. The minimum absolute atomic E-state index is 0.0279. The first-order valence-electron chi connectivity index (χ1n) is 4.23. The van der Waals surface area contributed by atoms with Crippen LogP contribution in [0.5, 0.6) is 5.75 Å². The maximum Gasteiger partial charge on any atom is 0.374 e. The van der Waals surface area contributed by atoms with Gasteiger partial charge in [-0.3, -0.25) is 4.79 Å². The van der Waals surface area contributed by atoms with E-state index in [1.54, 1.807) is 0 Å². The quantitative estimate of drug-likeness (QED) is 0.669. The van der Waals surface area contributed by atoms with Crippen molar-refractivity contribution < 1.29 is 19.4 Å². The summed E-state index contributed by atoms with van der Waals surface area (Å²) >= 11 is 11.3. The van der Waals surface area contributed by atoms with E-state index >= 15 is 0 Å². The van der Waals surface area contributed by atoms with Crippen molar-refractivity contribution in [3.8, 4) is 5.75 Å². The van der Waals surface area contributed by atoms with E-state index < -0.39 is 11.8 Å². The second-order valence-corrected chi connectivity index (χ2v) is 3.81. The number of carbonyl (C=O) groups excluding carboxylic acids is 2. The molecule has 86 valence electrons. The second kappa shape index (κ2) is 5.18. The molecule has 0 atom stereocenters. The molecule has 0 radical (unpaired) electrons. The Balaban J connectivity index is 2.91. The van der Waals surface area contributed by atoms with Crippen LogP contribution in [0, 0.1) is 0 Å². The number of phenols is 1. The number of ether oxygens (including phenoxy) is 1. The highest BCUT2D eigenvalue weighted by molar-refractivity contribution is 6.37. The Morgan fingerprint density at radius 2 is 1.81 bits per heavy atom. The third-order valence-corrected chi connectivity index (χ3v) is 2.43. The molecule has 0 unspecified atom stereocenters. The molecule has 0 fully saturated rings. The molecule has 1 aromatic carbocycles. The summed E-state index contributed by atoms with van der Waals surface area (Å²) in [7, 11) is 1.12. The molecular weight excluding hydrogens is 255 g/mol. The summed E-state index contributed by atoms with van der Waals surface area (Å²) in [6.07, 6.45) is -0.174. The number of halogens is 2. The van der Waals surface area contributed by atoms with Crippen LogP contribution in [-0.2, 0) is 20.7 Å². The van der Waals surface area contributed by atoms with Crippen molar-refractivity contribution in [1.29, 1.82) is 0 Å². The SMILES string of the molecule is COC(=O)C(=O)Cc1cc(Cl)c(O)c(Cl)c1. The Bertz CT molecular complexity index is 419. The lowest BCUT2D eigenvalue weighted by atomic mass is 10.1. The standard InChI is InChI=1S/C10H8Cl2O4/c1-16-10(15)8(13)4-5-2-6(11)9(14)7(12)3-5/h2-3,14H,4H2,1H3. The smallest absolute Gasteiger partial charge is 0.374 e. The topological polar surface area (TPSA) is 63.6 Å². The lowest BCUT2D eigenvalue weighted by molar-refractivity contribution is -0.151. The van der Waals surface area contributed by atoms with Crippen LogP contribution in [0.25, 0.3) is 0 Å². The van der Waals surface area contributed by atoms with Gasteiger partial charge in [-0.05, 0) is 17.7 Å². The van der Waals surface area contributed by atoms with Crippen LogP contribution in [0.15, 0.2) is 12.1 Å². The van der Waals surface area contributed by atoms with Gasteiger partial charge in [0.15, 0.2) is 5.75 Å². The molecule has 0 aliphatic carbocycles. The average molecular weight is 263 g/mol. The van der Waals surface area contributed by atoms with Crippen LogP contribution in [0.2, 0.25) is 10.0 Å². The Labute approximate surface area is 102 Å². The first-order valence-corrected chi connectivity index (χ1v) is 4.99. The molecule has 1 rings (SSSR count). The average Bonchev–Trinajstić information content (AvgIpc) is 2.24. The normalized spacial score (nSPS) is 9.94. The summed E-state index contributed by atoms with van der Waals surface area (Å²) < 4.78 is 4.26.